The van der Waals surface area contributed by atoms with Crippen LogP contribution < -0.4 is 5.73 Å². The molecule has 2 rings (SSSR count). The van der Waals surface area contributed by atoms with Gasteiger partial charge >= 0.3 is 0 Å². The van der Waals surface area contributed by atoms with E-state index in [-0.39, 0.29) is 5.75 Å². The van der Waals surface area contributed by atoms with E-state index in [0.29, 0.717) is 13.0 Å². The van der Waals surface area contributed by atoms with Crippen molar-refractivity contribution in [2.24, 2.45) is 12.8 Å². The second kappa shape index (κ2) is 4.37. The van der Waals surface area contributed by atoms with Crippen LogP contribution in [-0.2, 0) is 20.0 Å². The van der Waals surface area contributed by atoms with E-state index in [4.69, 9.17) is 5.73 Å². The van der Waals surface area contributed by atoms with Crippen LogP contribution in [-0.4, -0.2) is 14.9 Å². The molecule has 0 saturated carbocycles. The van der Waals surface area contributed by atoms with E-state index in [1.807, 2.05) is 25.2 Å². The predicted octanol–water partition coefficient (Wildman–Crippen LogP) is 1.18. The van der Waals surface area contributed by atoms with E-state index in [0.717, 1.165) is 17.0 Å². The molecular weight excluding hydrogens is 202 g/mol. The molecule has 0 amide bonds. The van der Waals surface area contributed by atoms with E-state index in [1.54, 1.807) is 16.8 Å². The van der Waals surface area contributed by atoms with Gasteiger partial charge in [0.05, 0.1) is 11.4 Å². The van der Waals surface area contributed by atoms with Crippen molar-refractivity contribution in [2.75, 3.05) is 0 Å². The Morgan fingerprint density at radius 3 is 2.81 bits per heavy atom. The van der Waals surface area contributed by atoms with Crippen molar-refractivity contribution >= 4 is 0 Å². The number of nitrogens with zero attached hydrogens (tertiary/aromatic N) is 2. The lowest BCUT2D eigenvalue weighted by atomic mass is 10.1. The number of aryl methyl sites for hydroxylation is 1. The third-order valence-electron chi connectivity index (χ3n) is 2.53. The summed E-state index contributed by atoms with van der Waals surface area (Å²) in [7, 11) is 1.88. The van der Waals surface area contributed by atoms with Gasteiger partial charge < -0.3 is 10.8 Å². The zero-order valence-corrected chi connectivity index (χ0v) is 9.22. The average Bonchev–Trinajstić information content (AvgIpc) is 2.58. The van der Waals surface area contributed by atoms with Gasteiger partial charge in [-0.2, -0.15) is 5.10 Å². The fraction of sp³-hybridized carbons (Fsp3) is 0.250. The van der Waals surface area contributed by atoms with Crippen molar-refractivity contribution in [2.45, 2.75) is 13.0 Å². The van der Waals surface area contributed by atoms with Gasteiger partial charge in [-0.3, -0.25) is 4.68 Å². The Labute approximate surface area is 94.3 Å². The lowest BCUT2D eigenvalue weighted by molar-refractivity contribution is 0.474. The molecule has 1 aromatic carbocycles. The van der Waals surface area contributed by atoms with Crippen LogP contribution in [0.4, 0.5) is 0 Å². The highest BCUT2D eigenvalue weighted by Crippen LogP contribution is 2.14. The fourth-order valence-corrected chi connectivity index (χ4v) is 1.72. The third kappa shape index (κ3) is 2.23. The smallest absolute Gasteiger partial charge is 0.115 e. The van der Waals surface area contributed by atoms with Crippen LogP contribution in [0.5, 0.6) is 5.75 Å². The third-order valence-corrected chi connectivity index (χ3v) is 2.53. The van der Waals surface area contributed by atoms with Gasteiger partial charge in [0.25, 0.3) is 0 Å². The van der Waals surface area contributed by atoms with Crippen LogP contribution in [0.2, 0.25) is 0 Å². The van der Waals surface area contributed by atoms with E-state index in [9.17, 15) is 5.11 Å². The number of aromatic nitrogens is 2. The quantitative estimate of drug-likeness (QED) is 0.811. The van der Waals surface area contributed by atoms with Gasteiger partial charge in [-0.05, 0) is 23.8 Å². The second-order valence-electron chi connectivity index (χ2n) is 3.80. The highest BCUT2D eigenvalue weighted by atomic mass is 16.3. The minimum Gasteiger partial charge on any atom is -0.508 e. The van der Waals surface area contributed by atoms with E-state index >= 15 is 0 Å². The highest BCUT2D eigenvalue weighted by Gasteiger charge is 2.04. The fourth-order valence-electron chi connectivity index (χ4n) is 1.72. The van der Waals surface area contributed by atoms with Crippen LogP contribution >= 0.6 is 0 Å². The number of nitrogens with two attached hydrogens (primary N) is 1. The van der Waals surface area contributed by atoms with Crippen molar-refractivity contribution in [3.05, 3.63) is 47.3 Å². The number of aromatic hydroxyl groups is 1. The average molecular weight is 217 g/mol. The van der Waals surface area contributed by atoms with Crippen molar-refractivity contribution in [3.8, 4) is 5.75 Å². The van der Waals surface area contributed by atoms with Gasteiger partial charge in [-0.1, -0.05) is 12.1 Å². The molecule has 0 aliphatic heterocycles. The number of rotatable bonds is 3. The van der Waals surface area contributed by atoms with E-state index in [2.05, 4.69) is 5.10 Å². The van der Waals surface area contributed by atoms with Crippen molar-refractivity contribution in [1.82, 2.24) is 9.78 Å². The molecule has 0 saturated heterocycles. The number of benzene rings is 1. The van der Waals surface area contributed by atoms with Gasteiger partial charge in [-0.25, -0.2) is 0 Å². The highest BCUT2D eigenvalue weighted by molar-refractivity contribution is 5.30. The van der Waals surface area contributed by atoms with E-state index in [1.165, 1.54) is 0 Å². The maximum Gasteiger partial charge on any atom is 0.115 e. The zero-order valence-electron chi connectivity index (χ0n) is 9.22. The SMILES string of the molecule is Cn1nc(Cc2cccc(O)c2)cc1CN. The van der Waals surface area contributed by atoms with Crippen molar-refractivity contribution < 1.29 is 5.11 Å². The zero-order chi connectivity index (χ0) is 11.5. The van der Waals surface area contributed by atoms with Crippen molar-refractivity contribution in [1.29, 1.82) is 0 Å². The molecule has 0 bridgehead atoms. The Balaban J connectivity index is 2.20. The lowest BCUT2D eigenvalue weighted by Crippen LogP contribution is -2.03. The molecule has 4 heteroatoms. The van der Waals surface area contributed by atoms with Crippen LogP contribution in [0.15, 0.2) is 30.3 Å². The molecule has 0 aliphatic carbocycles. The molecule has 84 valence electrons. The molecule has 0 fully saturated rings. The molecule has 4 nitrogen and oxygen atoms in total. The first-order valence-electron chi connectivity index (χ1n) is 5.19. The maximum atomic E-state index is 9.35. The van der Waals surface area contributed by atoms with Gasteiger partial charge in [0.1, 0.15) is 5.75 Å². The monoisotopic (exact) mass is 217 g/mol. The normalized spacial score (nSPS) is 10.6. The molecule has 0 radical (unpaired) electrons. The molecule has 0 unspecified atom stereocenters. The Morgan fingerprint density at radius 2 is 2.19 bits per heavy atom. The Kier molecular flexibility index (Phi) is 2.92. The summed E-state index contributed by atoms with van der Waals surface area (Å²) in [5, 5.41) is 13.7. The molecule has 1 aromatic heterocycles. The van der Waals surface area contributed by atoms with Crippen LogP contribution in [0, 0.1) is 0 Å². The maximum absolute atomic E-state index is 9.35. The number of phenols is 1. The number of phenolic OH excluding ortho intramolecular Hbond substituents is 1. The van der Waals surface area contributed by atoms with Crippen LogP contribution in [0.25, 0.3) is 0 Å². The molecule has 3 N–H and O–H groups in total. The summed E-state index contributed by atoms with van der Waals surface area (Å²) >= 11 is 0. The molecule has 0 atom stereocenters. The molecule has 16 heavy (non-hydrogen) atoms. The summed E-state index contributed by atoms with van der Waals surface area (Å²) in [6.45, 7) is 0.490. The lowest BCUT2D eigenvalue weighted by Gasteiger charge is -1.98. The molecular formula is C12H15N3O. The number of hydrogen-bond donors (Lipinski definition) is 2. The largest absolute Gasteiger partial charge is 0.508 e. The first-order valence-corrected chi connectivity index (χ1v) is 5.19. The summed E-state index contributed by atoms with van der Waals surface area (Å²) in [6, 6.07) is 9.20. The van der Waals surface area contributed by atoms with Gasteiger partial charge in [0, 0.05) is 20.0 Å². The summed E-state index contributed by atoms with van der Waals surface area (Å²) in [5.74, 6) is 0.285. The molecule has 0 aliphatic rings. The van der Waals surface area contributed by atoms with Crippen molar-refractivity contribution in [3.63, 3.8) is 0 Å². The minimum atomic E-state index is 0.285. The van der Waals surface area contributed by atoms with E-state index < -0.39 is 0 Å². The predicted molar refractivity (Wildman–Crippen MR) is 62.0 cm³/mol. The Hall–Kier alpha value is -1.81. The standard InChI is InChI=1S/C12H15N3O/c1-15-11(8-13)7-10(14-15)5-9-3-2-4-12(16)6-9/h2-4,6-7,16H,5,8,13H2,1H3. The molecule has 1 heterocycles. The van der Waals surface area contributed by atoms with Gasteiger partial charge in [0.2, 0.25) is 0 Å². The number of hydrogen-bond acceptors (Lipinski definition) is 3. The first-order chi connectivity index (χ1) is 7.69. The summed E-state index contributed by atoms with van der Waals surface area (Å²) in [4.78, 5) is 0. The summed E-state index contributed by atoms with van der Waals surface area (Å²) in [6.07, 6.45) is 0.711. The Morgan fingerprint density at radius 1 is 1.38 bits per heavy atom. The van der Waals surface area contributed by atoms with Gasteiger partial charge in [-0.15, -0.1) is 0 Å². The molecule has 0 spiro atoms. The summed E-state index contributed by atoms with van der Waals surface area (Å²) < 4.78 is 1.79. The first kappa shape index (κ1) is 10.7. The Bertz CT molecular complexity index is 491. The van der Waals surface area contributed by atoms with Gasteiger partial charge in [0.15, 0.2) is 0 Å². The van der Waals surface area contributed by atoms with Crippen LogP contribution in [0.3, 0.4) is 0 Å². The topological polar surface area (TPSA) is 64.1 Å². The summed E-state index contributed by atoms with van der Waals surface area (Å²) in [5.41, 5.74) is 8.60. The van der Waals surface area contributed by atoms with Crippen LogP contribution in [0.1, 0.15) is 17.0 Å². The minimum absolute atomic E-state index is 0.285. The second-order valence-corrected chi connectivity index (χ2v) is 3.80. The molecule has 2 aromatic rings.